The van der Waals surface area contributed by atoms with Gasteiger partial charge in [0.1, 0.15) is 0 Å². The van der Waals surface area contributed by atoms with Gasteiger partial charge in [0.15, 0.2) is 0 Å². The Morgan fingerprint density at radius 2 is 1.81 bits per heavy atom. The zero-order valence-electron chi connectivity index (χ0n) is 16.1. The van der Waals surface area contributed by atoms with Gasteiger partial charge >= 0.3 is 0 Å². The maximum Gasteiger partial charge on any atom is 0.223 e. The summed E-state index contributed by atoms with van der Waals surface area (Å²) in [5.74, 6) is 0.567. The summed E-state index contributed by atoms with van der Waals surface area (Å²) in [6.07, 6.45) is 9.90. The Hall–Kier alpha value is -1.41. The summed E-state index contributed by atoms with van der Waals surface area (Å²) in [4.78, 5) is 12.5. The summed E-state index contributed by atoms with van der Waals surface area (Å²) < 4.78 is 26.9. The second kappa shape index (κ2) is 7.54. The molecule has 8 heteroatoms. The van der Waals surface area contributed by atoms with Crippen LogP contribution in [-0.2, 0) is 21.4 Å². The van der Waals surface area contributed by atoms with E-state index in [4.69, 9.17) is 5.10 Å². The van der Waals surface area contributed by atoms with Crippen molar-refractivity contribution in [3.63, 3.8) is 0 Å². The normalized spacial score (nSPS) is 23.0. The van der Waals surface area contributed by atoms with Crippen molar-refractivity contribution in [2.24, 2.45) is 5.92 Å². The highest BCUT2D eigenvalue weighted by Crippen LogP contribution is 2.43. The van der Waals surface area contributed by atoms with E-state index >= 15 is 0 Å². The van der Waals surface area contributed by atoms with Gasteiger partial charge in [0.05, 0.1) is 24.5 Å². The van der Waals surface area contributed by atoms with Gasteiger partial charge in [-0.05, 0) is 44.6 Å². The molecule has 27 heavy (non-hydrogen) atoms. The minimum Gasteiger partial charge on any atom is -0.350 e. The largest absolute Gasteiger partial charge is 0.350 e. The maximum atomic E-state index is 12.5. The Labute approximate surface area is 161 Å². The van der Waals surface area contributed by atoms with Gasteiger partial charge in [-0.1, -0.05) is 12.8 Å². The number of aromatic nitrogens is 2. The molecule has 0 atom stereocenters. The van der Waals surface area contributed by atoms with Crippen LogP contribution in [-0.4, -0.2) is 47.8 Å². The summed E-state index contributed by atoms with van der Waals surface area (Å²) in [5.41, 5.74) is 2.30. The summed E-state index contributed by atoms with van der Waals surface area (Å²) in [5, 5.41) is 7.86. The molecule has 2 aliphatic carbocycles. The van der Waals surface area contributed by atoms with E-state index in [2.05, 4.69) is 16.1 Å². The molecule has 4 rings (SSSR count). The Bertz CT molecular complexity index is 786. The lowest BCUT2D eigenvalue weighted by Gasteiger charge is -2.29. The summed E-state index contributed by atoms with van der Waals surface area (Å²) in [6.45, 7) is 1.32. The van der Waals surface area contributed by atoms with Gasteiger partial charge in [-0.25, -0.2) is 12.7 Å². The molecule has 0 aromatic carbocycles. The van der Waals surface area contributed by atoms with Crippen LogP contribution in [0.2, 0.25) is 0 Å². The van der Waals surface area contributed by atoms with Gasteiger partial charge in [-0.3, -0.25) is 9.48 Å². The monoisotopic (exact) mass is 394 g/mol. The molecule has 3 aliphatic rings. The quantitative estimate of drug-likeness (QED) is 0.801. The van der Waals surface area contributed by atoms with Crippen molar-refractivity contribution in [1.82, 2.24) is 19.4 Å². The number of sulfonamides is 1. The number of carbonyl (C=O) groups is 1. The number of hydrogen-bond donors (Lipinski definition) is 1. The van der Waals surface area contributed by atoms with Crippen molar-refractivity contribution in [3.05, 3.63) is 17.5 Å². The molecule has 2 saturated carbocycles. The van der Waals surface area contributed by atoms with E-state index in [1.165, 1.54) is 54.8 Å². The van der Waals surface area contributed by atoms with Crippen LogP contribution in [0.4, 0.5) is 0 Å². The molecular formula is C19H30N4O3S. The highest BCUT2D eigenvalue weighted by molar-refractivity contribution is 7.88. The molecular weight excluding hydrogens is 364 g/mol. The average molecular weight is 395 g/mol. The van der Waals surface area contributed by atoms with Crippen LogP contribution >= 0.6 is 0 Å². The first kappa shape index (κ1) is 18.9. The average Bonchev–Trinajstić information content (AvgIpc) is 3.18. The molecule has 150 valence electrons. The topological polar surface area (TPSA) is 84.3 Å². The number of carbonyl (C=O) groups excluding carboxylic acids is 1. The first-order valence-electron chi connectivity index (χ1n) is 10.2. The minimum absolute atomic E-state index is 0.0199. The predicted octanol–water partition coefficient (Wildman–Crippen LogP) is 2.16. The zero-order chi connectivity index (χ0) is 19.0. The summed E-state index contributed by atoms with van der Waals surface area (Å²) >= 11 is 0. The van der Waals surface area contributed by atoms with Gasteiger partial charge in [-0.15, -0.1) is 0 Å². The molecule has 0 radical (unpaired) electrons. The van der Waals surface area contributed by atoms with E-state index in [-0.39, 0.29) is 11.8 Å². The number of nitrogens with one attached hydrogen (secondary N) is 1. The van der Waals surface area contributed by atoms with Crippen LogP contribution in [0.5, 0.6) is 0 Å². The first-order valence-corrected chi connectivity index (χ1v) is 12.1. The van der Waals surface area contributed by atoms with Crippen molar-refractivity contribution in [1.29, 1.82) is 0 Å². The molecule has 2 heterocycles. The van der Waals surface area contributed by atoms with Gasteiger partial charge in [-0.2, -0.15) is 5.10 Å². The first-order chi connectivity index (χ1) is 12.9. The van der Waals surface area contributed by atoms with Crippen LogP contribution in [0.25, 0.3) is 0 Å². The van der Waals surface area contributed by atoms with Crippen molar-refractivity contribution in [3.8, 4) is 0 Å². The van der Waals surface area contributed by atoms with E-state index in [1.54, 1.807) is 0 Å². The third-order valence-corrected chi connectivity index (χ3v) is 7.52. The highest BCUT2D eigenvalue weighted by Gasteiger charge is 2.32. The van der Waals surface area contributed by atoms with E-state index in [9.17, 15) is 13.2 Å². The molecule has 1 aromatic heterocycles. The van der Waals surface area contributed by atoms with Gasteiger partial charge in [0.25, 0.3) is 0 Å². The standard InChI is InChI=1S/C19H30N4O3S/c1-27(25,26)22-10-8-15(9-11-22)19(24)20-13-16-12-18(14-6-7-14)23(21-16)17-4-2-3-5-17/h12,14-15,17H,2-11,13H2,1H3,(H,20,24). The van der Waals surface area contributed by atoms with E-state index in [0.717, 1.165) is 5.69 Å². The zero-order valence-corrected chi connectivity index (χ0v) is 16.9. The summed E-state index contributed by atoms with van der Waals surface area (Å²) in [7, 11) is -3.15. The third kappa shape index (κ3) is 4.37. The Kier molecular flexibility index (Phi) is 5.29. The molecule has 1 N–H and O–H groups in total. The lowest BCUT2D eigenvalue weighted by Crippen LogP contribution is -2.42. The molecule has 3 fully saturated rings. The Morgan fingerprint density at radius 1 is 1.15 bits per heavy atom. The number of piperidine rings is 1. The lowest BCUT2D eigenvalue weighted by molar-refractivity contribution is -0.126. The number of amides is 1. The lowest BCUT2D eigenvalue weighted by atomic mass is 9.97. The second-order valence-corrected chi connectivity index (χ2v) is 10.4. The van der Waals surface area contributed by atoms with E-state index in [0.29, 0.717) is 44.4 Å². The molecule has 1 saturated heterocycles. The molecule has 1 aliphatic heterocycles. The molecule has 0 unspecified atom stereocenters. The predicted molar refractivity (Wildman–Crippen MR) is 103 cm³/mol. The highest BCUT2D eigenvalue weighted by atomic mass is 32.2. The minimum atomic E-state index is -3.15. The van der Waals surface area contributed by atoms with Crippen molar-refractivity contribution < 1.29 is 13.2 Å². The molecule has 1 aromatic rings. The smallest absolute Gasteiger partial charge is 0.223 e. The Balaban J connectivity index is 1.33. The van der Waals surface area contributed by atoms with Gasteiger partial charge in [0, 0.05) is 30.6 Å². The maximum absolute atomic E-state index is 12.5. The molecule has 0 spiro atoms. The SMILES string of the molecule is CS(=O)(=O)N1CCC(C(=O)NCc2cc(C3CC3)n(C3CCCC3)n2)CC1. The van der Waals surface area contributed by atoms with Crippen LogP contribution in [0, 0.1) is 5.92 Å². The van der Waals surface area contributed by atoms with Gasteiger partial charge < -0.3 is 5.32 Å². The van der Waals surface area contributed by atoms with Gasteiger partial charge in [0.2, 0.25) is 15.9 Å². The number of nitrogens with zero attached hydrogens (tertiary/aromatic N) is 3. The van der Waals surface area contributed by atoms with Crippen LogP contribution in [0.3, 0.4) is 0 Å². The fraction of sp³-hybridized carbons (Fsp3) is 0.789. The summed E-state index contributed by atoms with van der Waals surface area (Å²) in [6, 6.07) is 2.72. The molecule has 7 nitrogen and oxygen atoms in total. The fourth-order valence-electron chi connectivity index (χ4n) is 4.45. The van der Waals surface area contributed by atoms with Crippen molar-refractivity contribution in [2.45, 2.75) is 69.9 Å². The number of hydrogen-bond acceptors (Lipinski definition) is 4. The molecule has 1 amide bonds. The van der Waals surface area contributed by atoms with Crippen LogP contribution in [0.1, 0.15) is 74.7 Å². The second-order valence-electron chi connectivity index (χ2n) is 8.37. The molecule has 0 bridgehead atoms. The Morgan fingerprint density at radius 3 is 2.41 bits per heavy atom. The van der Waals surface area contributed by atoms with Crippen molar-refractivity contribution >= 4 is 15.9 Å². The van der Waals surface area contributed by atoms with Crippen LogP contribution < -0.4 is 5.32 Å². The van der Waals surface area contributed by atoms with Crippen molar-refractivity contribution in [2.75, 3.05) is 19.3 Å². The van der Waals surface area contributed by atoms with E-state index < -0.39 is 10.0 Å². The number of rotatable bonds is 6. The third-order valence-electron chi connectivity index (χ3n) is 6.22. The fourth-order valence-corrected chi connectivity index (χ4v) is 5.32. The van der Waals surface area contributed by atoms with Crippen LogP contribution in [0.15, 0.2) is 6.07 Å². The van der Waals surface area contributed by atoms with E-state index in [1.807, 2.05) is 0 Å².